The zero-order valence-corrected chi connectivity index (χ0v) is 19.6. The van der Waals surface area contributed by atoms with Gasteiger partial charge in [0.15, 0.2) is 0 Å². The van der Waals surface area contributed by atoms with Crippen molar-refractivity contribution in [3.63, 3.8) is 0 Å². The lowest BCUT2D eigenvalue weighted by Crippen LogP contribution is -2.49. The number of piperazine rings is 1. The molecule has 4 rings (SSSR count). The van der Waals surface area contributed by atoms with E-state index in [1.807, 2.05) is 5.10 Å². The van der Waals surface area contributed by atoms with E-state index in [4.69, 9.17) is 0 Å². The second-order valence-electron chi connectivity index (χ2n) is 8.99. The van der Waals surface area contributed by atoms with Gasteiger partial charge in [-0.05, 0) is 25.7 Å². The molecule has 0 aromatic carbocycles. The van der Waals surface area contributed by atoms with Crippen molar-refractivity contribution in [1.82, 2.24) is 25.1 Å². The van der Waals surface area contributed by atoms with E-state index in [-0.39, 0.29) is 30.1 Å². The van der Waals surface area contributed by atoms with Crippen molar-refractivity contribution in [2.45, 2.75) is 50.5 Å². The van der Waals surface area contributed by atoms with Gasteiger partial charge in [0.05, 0.1) is 5.56 Å². The maximum Gasteiger partial charge on any atom is 0.421 e. The average molecular weight is 533 g/mol. The quantitative estimate of drug-likeness (QED) is 0.590. The Morgan fingerprint density at radius 2 is 1.65 bits per heavy atom. The largest absolute Gasteiger partial charge is 0.421 e. The fourth-order valence-electron chi connectivity index (χ4n) is 4.59. The highest BCUT2D eigenvalue weighted by atomic mass is 19.4. The monoisotopic (exact) mass is 533 g/mol. The molecule has 2 aromatic rings. The minimum Gasteiger partial charge on any atom is -0.352 e. The van der Waals surface area contributed by atoms with Gasteiger partial charge < -0.3 is 14.7 Å². The fraction of sp³-hybridized carbons (Fsp3) is 0.591. The second-order valence-corrected chi connectivity index (χ2v) is 8.99. The highest BCUT2D eigenvalue weighted by Crippen LogP contribution is 2.31. The van der Waals surface area contributed by atoms with Crippen LogP contribution >= 0.6 is 0 Å². The Labute approximate surface area is 207 Å². The molecule has 4 heterocycles. The number of alkyl halides is 6. The van der Waals surface area contributed by atoms with Crippen molar-refractivity contribution in [2.75, 3.05) is 42.5 Å². The number of hydrogen-bond donors (Lipinski definition) is 1. The molecule has 1 N–H and O–H groups in total. The van der Waals surface area contributed by atoms with Gasteiger partial charge in [-0.15, -0.1) is 0 Å². The number of carbonyl (C=O) groups excluding carboxylic acids is 1. The molecule has 9 nitrogen and oxygen atoms in total. The lowest BCUT2D eigenvalue weighted by atomic mass is 9.97. The number of H-pyrrole nitrogens is 1. The fourth-order valence-corrected chi connectivity index (χ4v) is 4.59. The topological polar surface area (TPSA) is 98.3 Å². The number of carbonyl (C=O) groups is 1. The molecular weight excluding hydrogens is 508 g/mol. The first-order valence-corrected chi connectivity index (χ1v) is 11.8. The zero-order valence-electron chi connectivity index (χ0n) is 19.6. The summed E-state index contributed by atoms with van der Waals surface area (Å²) in [6.07, 6.45) is -5.01. The summed E-state index contributed by atoms with van der Waals surface area (Å²) in [5.41, 5.74) is -3.55. The molecule has 0 aliphatic carbocycles. The summed E-state index contributed by atoms with van der Waals surface area (Å²) in [5.74, 6) is 0.0581. The van der Waals surface area contributed by atoms with Crippen LogP contribution in [0.15, 0.2) is 23.3 Å². The summed E-state index contributed by atoms with van der Waals surface area (Å²) in [6.45, 7) is 1.85. The molecule has 2 fully saturated rings. The second kappa shape index (κ2) is 10.5. The maximum atomic E-state index is 13.2. The van der Waals surface area contributed by atoms with Gasteiger partial charge in [0, 0.05) is 63.6 Å². The number of halogens is 6. The van der Waals surface area contributed by atoms with Crippen LogP contribution in [0.5, 0.6) is 0 Å². The number of aromatic amines is 1. The summed E-state index contributed by atoms with van der Waals surface area (Å²) in [5, 5.41) is 5.74. The summed E-state index contributed by atoms with van der Waals surface area (Å²) in [4.78, 5) is 37.0. The Bertz CT molecular complexity index is 1140. The van der Waals surface area contributed by atoms with Crippen molar-refractivity contribution in [3.8, 4) is 0 Å². The average Bonchev–Trinajstić information content (AvgIpc) is 2.87. The highest BCUT2D eigenvalue weighted by molar-refractivity contribution is 5.76. The molecule has 0 unspecified atom stereocenters. The van der Waals surface area contributed by atoms with Gasteiger partial charge in [-0.2, -0.15) is 31.4 Å². The van der Waals surface area contributed by atoms with E-state index in [0.29, 0.717) is 45.6 Å². The van der Waals surface area contributed by atoms with Crippen LogP contribution in [-0.2, 0) is 17.1 Å². The molecule has 0 bridgehead atoms. The van der Waals surface area contributed by atoms with E-state index in [1.54, 1.807) is 14.7 Å². The third-order valence-electron chi connectivity index (χ3n) is 6.59. The number of aromatic nitrogens is 4. The first kappa shape index (κ1) is 26.7. The Balaban J connectivity index is 1.33. The molecule has 2 saturated heterocycles. The molecule has 2 aliphatic rings. The maximum absolute atomic E-state index is 13.2. The number of hydrogen-bond acceptors (Lipinski definition) is 7. The van der Waals surface area contributed by atoms with E-state index >= 15 is 0 Å². The van der Waals surface area contributed by atoms with Crippen molar-refractivity contribution in [1.29, 1.82) is 0 Å². The standard InChI is InChI=1S/C22H25F6N7O2/c23-21(24,25)14-12-29-20(30-13-14)34-9-7-33(8-10-34)18(36)5-4-15-3-1-2-6-35(15)17-11-16(22(26,27)28)19(37)32-31-17/h11-13,15H,1-10H2,(H,32,37)/t15-/m0/s1. The van der Waals surface area contributed by atoms with Crippen molar-refractivity contribution < 1.29 is 31.1 Å². The van der Waals surface area contributed by atoms with Gasteiger partial charge in [0.2, 0.25) is 11.9 Å². The minimum absolute atomic E-state index is 0.0224. The number of anilines is 2. The Morgan fingerprint density at radius 3 is 2.27 bits per heavy atom. The lowest BCUT2D eigenvalue weighted by Gasteiger charge is -2.38. The van der Waals surface area contributed by atoms with Crippen molar-refractivity contribution >= 4 is 17.7 Å². The van der Waals surface area contributed by atoms with Crippen LogP contribution in [0.2, 0.25) is 0 Å². The third kappa shape index (κ3) is 6.31. The van der Waals surface area contributed by atoms with E-state index in [1.165, 1.54) is 0 Å². The van der Waals surface area contributed by atoms with Crippen LogP contribution in [-0.4, -0.2) is 69.7 Å². The number of nitrogens with zero attached hydrogens (tertiary/aromatic N) is 6. The van der Waals surface area contributed by atoms with Crippen LogP contribution in [0, 0.1) is 0 Å². The Hall–Kier alpha value is -3.39. The van der Waals surface area contributed by atoms with Gasteiger partial charge >= 0.3 is 12.4 Å². The highest BCUT2D eigenvalue weighted by Gasteiger charge is 2.36. The molecule has 1 atom stereocenters. The van der Waals surface area contributed by atoms with Crippen LogP contribution in [0.3, 0.4) is 0 Å². The van der Waals surface area contributed by atoms with E-state index < -0.39 is 29.0 Å². The van der Waals surface area contributed by atoms with Gasteiger partial charge in [0.25, 0.3) is 5.56 Å². The van der Waals surface area contributed by atoms with E-state index in [2.05, 4.69) is 15.1 Å². The molecule has 2 aliphatic heterocycles. The van der Waals surface area contributed by atoms with Crippen LogP contribution in [0.25, 0.3) is 0 Å². The van der Waals surface area contributed by atoms with Crippen molar-refractivity contribution in [3.05, 3.63) is 39.9 Å². The first-order chi connectivity index (χ1) is 17.4. The number of nitrogens with one attached hydrogen (secondary N) is 1. The number of amides is 1. The van der Waals surface area contributed by atoms with Gasteiger partial charge in [-0.3, -0.25) is 9.59 Å². The number of rotatable bonds is 5. The third-order valence-corrected chi connectivity index (χ3v) is 6.59. The molecule has 37 heavy (non-hydrogen) atoms. The summed E-state index contributed by atoms with van der Waals surface area (Å²) in [6, 6.07) is 0.542. The normalized spacial score (nSPS) is 19.3. The molecule has 2 aromatic heterocycles. The minimum atomic E-state index is -4.81. The van der Waals surface area contributed by atoms with Gasteiger partial charge in [-0.1, -0.05) is 0 Å². The molecule has 0 spiro atoms. The SMILES string of the molecule is O=C(CC[C@@H]1CCCCN1c1cc(C(F)(F)F)c(=O)[nH]n1)N1CCN(c2ncc(C(F)(F)F)cn2)CC1. The van der Waals surface area contributed by atoms with Crippen LogP contribution < -0.4 is 15.4 Å². The molecule has 0 saturated carbocycles. The summed E-state index contributed by atoms with van der Waals surface area (Å²) >= 11 is 0. The molecule has 202 valence electrons. The van der Waals surface area contributed by atoms with Crippen LogP contribution in [0.1, 0.15) is 43.2 Å². The first-order valence-electron chi connectivity index (χ1n) is 11.8. The summed E-state index contributed by atoms with van der Waals surface area (Å²) in [7, 11) is 0. The molecule has 1 amide bonds. The van der Waals surface area contributed by atoms with Gasteiger partial charge in [-0.25, -0.2) is 15.1 Å². The van der Waals surface area contributed by atoms with Crippen molar-refractivity contribution in [2.24, 2.45) is 0 Å². The van der Waals surface area contributed by atoms with Gasteiger partial charge in [0.1, 0.15) is 11.4 Å². The molecule has 0 radical (unpaired) electrons. The van der Waals surface area contributed by atoms with E-state index in [0.717, 1.165) is 31.3 Å². The number of piperidine rings is 1. The predicted octanol–water partition coefficient (Wildman–Crippen LogP) is 3.09. The Kier molecular flexibility index (Phi) is 7.59. The lowest BCUT2D eigenvalue weighted by molar-refractivity contribution is -0.139. The molecule has 15 heteroatoms. The van der Waals surface area contributed by atoms with Crippen LogP contribution in [0.4, 0.5) is 38.1 Å². The summed E-state index contributed by atoms with van der Waals surface area (Å²) < 4.78 is 77.7. The Morgan fingerprint density at radius 1 is 0.973 bits per heavy atom. The van der Waals surface area contributed by atoms with E-state index in [9.17, 15) is 35.9 Å². The smallest absolute Gasteiger partial charge is 0.352 e. The predicted molar refractivity (Wildman–Crippen MR) is 120 cm³/mol. The molecular formula is C22H25F6N7O2. The zero-order chi connectivity index (χ0) is 26.8.